The Morgan fingerprint density at radius 3 is 2.06 bits per heavy atom. The molecule has 1 saturated carbocycles. The zero-order chi connectivity index (χ0) is 25.3. The summed E-state index contributed by atoms with van der Waals surface area (Å²) < 4.78 is 10.8. The highest BCUT2D eigenvalue weighted by Crippen LogP contribution is 2.32. The van der Waals surface area contributed by atoms with Crippen molar-refractivity contribution in [1.29, 1.82) is 0 Å². The van der Waals surface area contributed by atoms with Crippen LogP contribution in [0.25, 0.3) is 0 Å². The highest BCUT2D eigenvalue weighted by atomic mass is 16.7. The van der Waals surface area contributed by atoms with E-state index < -0.39 is 105 Å². The monoisotopic (exact) mass is 497 g/mol. The predicted octanol–water partition coefficient (Wildman–Crippen LogP) is -6.75. The van der Waals surface area contributed by atoms with Crippen LogP contribution in [0.5, 0.6) is 0 Å². The van der Waals surface area contributed by atoms with Crippen LogP contribution in [0.2, 0.25) is 0 Å². The van der Waals surface area contributed by atoms with Gasteiger partial charge in [0.15, 0.2) is 6.29 Å². The molecule has 0 aromatic carbocycles. The molecule has 2 aliphatic carbocycles. The van der Waals surface area contributed by atoms with Crippen LogP contribution in [0.15, 0.2) is 11.6 Å². The molecular weight excluding hydrogens is 462 g/mol. The molecule has 0 amide bonds. The van der Waals surface area contributed by atoms with E-state index >= 15 is 0 Å². The normalized spacial score (nSPS) is 50.1. The number of aliphatic hydroxyl groups is 11. The second-order valence-electron chi connectivity index (χ2n) is 9.08. The summed E-state index contributed by atoms with van der Waals surface area (Å²) in [4.78, 5) is 0. The summed E-state index contributed by atoms with van der Waals surface area (Å²) in [7, 11) is 0. The van der Waals surface area contributed by atoms with Crippen molar-refractivity contribution < 1.29 is 65.6 Å². The van der Waals surface area contributed by atoms with Crippen molar-refractivity contribution >= 4 is 0 Å². The van der Waals surface area contributed by atoms with E-state index in [0.717, 1.165) is 0 Å². The third-order valence-electron chi connectivity index (χ3n) is 6.90. The van der Waals surface area contributed by atoms with Crippen molar-refractivity contribution in [2.24, 2.45) is 5.92 Å². The van der Waals surface area contributed by atoms with E-state index in [1.165, 1.54) is 6.08 Å². The quantitative estimate of drug-likeness (QED) is 0.146. The lowest BCUT2D eigenvalue weighted by Gasteiger charge is -2.47. The third-order valence-corrected chi connectivity index (χ3v) is 6.90. The van der Waals surface area contributed by atoms with Crippen LogP contribution in [-0.4, -0.2) is 155 Å². The minimum atomic E-state index is -1.79. The largest absolute Gasteiger partial charge is 0.396 e. The topological polar surface area (TPSA) is 253 Å². The van der Waals surface area contributed by atoms with Crippen LogP contribution < -0.4 is 5.32 Å². The van der Waals surface area contributed by atoms with Crippen molar-refractivity contribution in [1.82, 2.24) is 5.32 Å². The molecule has 198 valence electrons. The van der Waals surface area contributed by atoms with Crippen LogP contribution in [-0.2, 0) is 9.47 Å². The molecule has 0 radical (unpaired) electrons. The molecule has 14 heteroatoms. The van der Waals surface area contributed by atoms with Crippen LogP contribution in [0.4, 0.5) is 0 Å². The molecule has 0 aromatic rings. The third kappa shape index (κ3) is 5.30. The minimum absolute atomic E-state index is 0.00244. The number of hydrogen-bond donors (Lipinski definition) is 12. The highest BCUT2D eigenvalue weighted by molar-refractivity contribution is 5.22. The summed E-state index contributed by atoms with van der Waals surface area (Å²) >= 11 is 0. The summed E-state index contributed by atoms with van der Waals surface area (Å²) in [6, 6.07) is -1.98. The number of ether oxygens (including phenoxy) is 2. The van der Waals surface area contributed by atoms with Crippen molar-refractivity contribution in [2.45, 2.75) is 85.8 Å². The maximum atomic E-state index is 10.9. The Morgan fingerprint density at radius 1 is 0.794 bits per heavy atom. The first-order valence-electron chi connectivity index (χ1n) is 11.1. The SMILES string of the molecule is OCC1=C[C@H](N[C@H]2C[C@H](CO)[C@@H](O)[C@H](O[C@@H]3O[C@H](CO)[C@@H](O)[C@H](O)[C@H]3O)[C@H]2O)[C@H](O)[C@@H](O)[C@@H]1O. The van der Waals surface area contributed by atoms with Gasteiger partial charge in [-0.2, -0.15) is 0 Å². The molecule has 3 aliphatic rings. The van der Waals surface area contributed by atoms with Gasteiger partial charge in [0.1, 0.15) is 48.8 Å². The van der Waals surface area contributed by atoms with Crippen LogP contribution in [0.1, 0.15) is 6.42 Å². The summed E-state index contributed by atoms with van der Waals surface area (Å²) in [6.07, 6.45) is -15.9. The Morgan fingerprint density at radius 2 is 1.47 bits per heavy atom. The first-order chi connectivity index (χ1) is 16.0. The second kappa shape index (κ2) is 11.5. The fourth-order valence-electron chi connectivity index (χ4n) is 4.74. The number of rotatable bonds is 7. The lowest BCUT2D eigenvalue weighted by atomic mass is 9.78. The Bertz CT molecular complexity index is 695. The Balaban J connectivity index is 1.79. The maximum Gasteiger partial charge on any atom is 0.187 e. The number of hydrogen-bond acceptors (Lipinski definition) is 14. The first-order valence-corrected chi connectivity index (χ1v) is 11.1. The Labute approximate surface area is 194 Å². The van der Waals surface area contributed by atoms with E-state index in [-0.39, 0.29) is 12.0 Å². The average Bonchev–Trinajstić information content (AvgIpc) is 2.83. The molecule has 0 bridgehead atoms. The predicted molar refractivity (Wildman–Crippen MR) is 110 cm³/mol. The fraction of sp³-hybridized carbons (Fsp3) is 0.900. The number of nitrogens with one attached hydrogen (secondary N) is 1. The molecule has 12 N–H and O–H groups in total. The van der Waals surface area contributed by atoms with Crippen LogP contribution in [0.3, 0.4) is 0 Å². The van der Waals surface area contributed by atoms with Gasteiger partial charge >= 0.3 is 0 Å². The van der Waals surface area contributed by atoms with Crippen molar-refractivity contribution in [3.05, 3.63) is 11.6 Å². The van der Waals surface area contributed by atoms with Gasteiger partial charge in [0.05, 0.1) is 31.5 Å². The maximum absolute atomic E-state index is 10.9. The van der Waals surface area contributed by atoms with E-state index in [9.17, 15) is 56.2 Å². The minimum Gasteiger partial charge on any atom is -0.396 e. The Kier molecular flexibility index (Phi) is 9.38. The molecule has 0 aromatic heterocycles. The first kappa shape index (κ1) is 27.8. The van der Waals surface area contributed by atoms with Gasteiger partial charge in [-0.3, -0.25) is 0 Å². The van der Waals surface area contributed by atoms with Gasteiger partial charge in [0, 0.05) is 18.6 Å². The van der Waals surface area contributed by atoms with E-state index in [4.69, 9.17) is 9.47 Å². The van der Waals surface area contributed by atoms with Crippen molar-refractivity contribution in [2.75, 3.05) is 19.8 Å². The van der Waals surface area contributed by atoms with Gasteiger partial charge in [0.2, 0.25) is 0 Å². The van der Waals surface area contributed by atoms with Gasteiger partial charge in [-0.05, 0) is 12.0 Å². The molecule has 14 nitrogen and oxygen atoms in total. The van der Waals surface area contributed by atoms with Crippen LogP contribution >= 0.6 is 0 Å². The van der Waals surface area contributed by atoms with Gasteiger partial charge in [-0.1, -0.05) is 6.08 Å². The summed E-state index contributed by atoms with van der Waals surface area (Å²) in [5.41, 5.74) is 0.0495. The van der Waals surface area contributed by atoms with Gasteiger partial charge in [0.25, 0.3) is 0 Å². The number of aliphatic hydroxyl groups excluding tert-OH is 11. The molecule has 3 rings (SSSR count). The van der Waals surface area contributed by atoms with E-state index in [1.807, 2.05) is 0 Å². The van der Waals surface area contributed by atoms with Gasteiger partial charge in [-0.15, -0.1) is 0 Å². The molecule has 1 saturated heterocycles. The zero-order valence-electron chi connectivity index (χ0n) is 18.2. The lowest BCUT2D eigenvalue weighted by Crippen LogP contribution is -2.66. The highest BCUT2D eigenvalue weighted by Gasteiger charge is 2.50. The second-order valence-corrected chi connectivity index (χ2v) is 9.08. The molecule has 0 unspecified atom stereocenters. The molecule has 1 heterocycles. The smallest absolute Gasteiger partial charge is 0.187 e. The van der Waals surface area contributed by atoms with E-state index in [2.05, 4.69) is 5.32 Å². The van der Waals surface area contributed by atoms with Crippen LogP contribution in [0, 0.1) is 5.92 Å². The molecule has 34 heavy (non-hydrogen) atoms. The molecule has 2 fully saturated rings. The molecule has 14 atom stereocenters. The average molecular weight is 497 g/mol. The standard InChI is InChI=1S/C20H35NO13/c22-3-6-1-8(13(27)16(30)11(6)25)21-9-2-7(4-23)12(26)19(14(9)28)34-20-18(32)17(31)15(29)10(5-24)33-20/h1,7-32H,2-5H2/t7-,8+,9+,10-,11-,12-,13+,14+,15-,16+,17+,18-,19+,20+/m1/s1. The van der Waals surface area contributed by atoms with Crippen molar-refractivity contribution in [3.8, 4) is 0 Å². The lowest BCUT2D eigenvalue weighted by molar-refractivity contribution is -0.329. The van der Waals surface area contributed by atoms with Gasteiger partial charge < -0.3 is 71.0 Å². The van der Waals surface area contributed by atoms with Gasteiger partial charge in [-0.25, -0.2) is 0 Å². The summed E-state index contributed by atoms with van der Waals surface area (Å²) in [5, 5.41) is 113. The van der Waals surface area contributed by atoms with Crippen molar-refractivity contribution in [3.63, 3.8) is 0 Å². The molecular formula is C20H35NO13. The Hall–Kier alpha value is -0.820. The fourth-order valence-corrected chi connectivity index (χ4v) is 4.74. The van der Waals surface area contributed by atoms with E-state index in [0.29, 0.717) is 0 Å². The molecule has 0 spiro atoms. The summed E-state index contributed by atoms with van der Waals surface area (Å²) in [6.45, 7) is -1.82. The summed E-state index contributed by atoms with van der Waals surface area (Å²) in [5.74, 6) is -0.840. The zero-order valence-corrected chi connectivity index (χ0v) is 18.2. The van der Waals surface area contributed by atoms with E-state index in [1.54, 1.807) is 0 Å². The molecule has 1 aliphatic heterocycles.